The number of nitrogens with two attached hydrogens (primary N) is 1. The van der Waals surface area contributed by atoms with Crippen LogP contribution in [0, 0.1) is 0 Å². The van der Waals surface area contributed by atoms with Crippen LogP contribution in [0.15, 0.2) is 32.2 Å². The molecule has 0 saturated heterocycles. The first kappa shape index (κ1) is 9.98. The Balaban J connectivity index is 2.33. The molecule has 0 bridgehead atoms. The molecule has 1 aliphatic heterocycles. The van der Waals surface area contributed by atoms with E-state index < -0.39 is 0 Å². The minimum absolute atomic E-state index is 0.694. The monoisotopic (exact) mass is 317 g/mol. The van der Waals surface area contributed by atoms with Crippen LogP contribution < -0.4 is 10.7 Å². The van der Waals surface area contributed by atoms with Crippen molar-refractivity contribution in [2.75, 3.05) is 11.6 Å². The number of nitrogens with zero attached hydrogens (tertiary/aromatic N) is 2. The molecule has 0 spiro atoms. The summed E-state index contributed by atoms with van der Waals surface area (Å²) >= 11 is 6.90. The number of hydrogen-bond donors (Lipinski definition) is 1. The van der Waals surface area contributed by atoms with Gasteiger partial charge in [0.25, 0.3) is 0 Å². The molecule has 1 aromatic rings. The first-order valence-electron chi connectivity index (χ1n) is 4.22. The van der Waals surface area contributed by atoms with E-state index in [2.05, 4.69) is 37.0 Å². The fourth-order valence-corrected chi connectivity index (χ4v) is 2.59. The first-order chi connectivity index (χ1) is 6.66. The van der Waals surface area contributed by atoms with Gasteiger partial charge in [-0.2, -0.15) is 5.10 Å². The number of benzene rings is 1. The summed E-state index contributed by atoms with van der Waals surface area (Å²) in [7, 11) is 0. The molecule has 1 aromatic carbocycles. The number of halogens is 2. The van der Waals surface area contributed by atoms with Gasteiger partial charge >= 0.3 is 0 Å². The Labute approximate surface area is 99.2 Å². The fourth-order valence-electron chi connectivity index (χ4n) is 1.34. The van der Waals surface area contributed by atoms with Crippen molar-refractivity contribution in [3.63, 3.8) is 0 Å². The second-order valence-electron chi connectivity index (χ2n) is 3.06. The average Bonchev–Trinajstić information content (AvgIpc) is 2.51. The lowest BCUT2D eigenvalue weighted by Crippen LogP contribution is -2.12. The third-order valence-electron chi connectivity index (χ3n) is 2.02. The molecule has 2 rings (SSSR count). The van der Waals surface area contributed by atoms with Gasteiger partial charge in [0.2, 0.25) is 0 Å². The lowest BCUT2D eigenvalue weighted by molar-refractivity contribution is 0.918. The van der Waals surface area contributed by atoms with Crippen molar-refractivity contribution in [1.29, 1.82) is 0 Å². The van der Waals surface area contributed by atoms with E-state index in [1.807, 2.05) is 23.2 Å². The molecule has 0 aliphatic carbocycles. The minimum Gasteiger partial charge on any atom is -0.386 e. The molecule has 1 aliphatic rings. The summed E-state index contributed by atoms with van der Waals surface area (Å²) in [6.45, 7) is 0.853. The van der Waals surface area contributed by atoms with Crippen molar-refractivity contribution in [3.05, 3.63) is 27.1 Å². The van der Waals surface area contributed by atoms with Crippen molar-refractivity contribution in [3.8, 4) is 0 Å². The molecule has 0 amide bonds. The maximum Gasteiger partial charge on any atom is 0.122 e. The molecule has 0 atom stereocenters. The Morgan fingerprint density at radius 2 is 2.14 bits per heavy atom. The van der Waals surface area contributed by atoms with Crippen LogP contribution in [-0.2, 0) is 0 Å². The Kier molecular flexibility index (Phi) is 2.78. The molecule has 5 heteroatoms. The SMILES string of the molecule is NC1=NN(c2ccc(Br)cc2Br)CC1. The predicted octanol–water partition coefficient (Wildman–Crippen LogP) is 2.69. The summed E-state index contributed by atoms with van der Waals surface area (Å²) in [5, 5.41) is 6.14. The molecular weight excluding hydrogens is 310 g/mol. The second-order valence-corrected chi connectivity index (χ2v) is 4.83. The second kappa shape index (κ2) is 3.90. The zero-order valence-electron chi connectivity index (χ0n) is 7.37. The molecule has 0 aromatic heterocycles. The number of anilines is 1. The number of hydrogen-bond acceptors (Lipinski definition) is 3. The van der Waals surface area contributed by atoms with E-state index in [0.29, 0.717) is 5.84 Å². The van der Waals surface area contributed by atoms with Crippen molar-refractivity contribution < 1.29 is 0 Å². The highest BCUT2D eigenvalue weighted by atomic mass is 79.9. The van der Waals surface area contributed by atoms with Gasteiger partial charge in [-0.25, -0.2) is 0 Å². The molecule has 0 radical (unpaired) electrons. The van der Waals surface area contributed by atoms with Crippen molar-refractivity contribution in [2.24, 2.45) is 10.8 Å². The quantitative estimate of drug-likeness (QED) is 0.865. The molecule has 3 nitrogen and oxygen atoms in total. The summed E-state index contributed by atoms with van der Waals surface area (Å²) in [5.74, 6) is 0.694. The van der Waals surface area contributed by atoms with E-state index >= 15 is 0 Å². The van der Waals surface area contributed by atoms with Crippen LogP contribution in [-0.4, -0.2) is 12.4 Å². The maximum atomic E-state index is 5.63. The summed E-state index contributed by atoms with van der Waals surface area (Å²) in [4.78, 5) is 0. The minimum atomic E-state index is 0.694. The van der Waals surface area contributed by atoms with Crippen LogP contribution in [0.5, 0.6) is 0 Å². The Bertz CT molecular complexity index is 390. The molecule has 1 heterocycles. The zero-order valence-corrected chi connectivity index (χ0v) is 10.5. The number of rotatable bonds is 1. The average molecular weight is 319 g/mol. The van der Waals surface area contributed by atoms with Crippen LogP contribution in [0.25, 0.3) is 0 Å². The third kappa shape index (κ3) is 1.93. The third-order valence-corrected chi connectivity index (χ3v) is 3.15. The van der Waals surface area contributed by atoms with Crippen LogP contribution >= 0.6 is 31.9 Å². The van der Waals surface area contributed by atoms with Gasteiger partial charge in [0.05, 0.1) is 5.69 Å². The molecule has 0 unspecified atom stereocenters. The van der Waals surface area contributed by atoms with E-state index in [-0.39, 0.29) is 0 Å². The van der Waals surface area contributed by atoms with Gasteiger partial charge in [0.1, 0.15) is 5.84 Å². The van der Waals surface area contributed by atoms with Gasteiger partial charge in [-0.3, -0.25) is 5.01 Å². The standard InChI is InChI=1S/C9H9Br2N3/c10-6-1-2-8(7(11)5-6)14-4-3-9(12)13-14/h1-2,5H,3-4H2,(H2,12,13). The predicted molar refractivity (Wildman–Crippen MR) is 65.4 cm³/mol. The van der Waals surface area contributed by atoms with Crippen molar-refractivity contribution in [1.82, 2.24) is 0 Å². The largest absolute Gasteiger partial charge is 0.386 e. The number of amidine groups is 1. The van der Waals surface area contributed by atoms with Gasteiger partial charge in [-0.05, 0) is 34.1 Å². The zero-order chi connectivity index (χ0) is 10.1. The lowest BCUT2D eigenvalue weighted by Gasteiger charge is -2.15. The highest BCUT2D eigenvalue weighted by Crippen LogP contribution is 2.30. The Morgan fingerprint density at radius 1 is 1.36 bits per heavy atom. The van der Waals surface area contributed by atoms with E-state index in [4.69, 9.17) is 5.73 Å². The van der Waals surface area contributed by atoms with Gasteiger partial charge in [-0.15, -0.1) is 0 Å². The highest BCUT2D eigenvalue weighted by Gasteiger charge is 2.15. The fraction of sp³-hybridized carbons (Fsp3) is 0.222. The summed E-state index contributed by atoms with van der Waals surface area (Å²) < 4.78 is 2.06. The van der Waals surface area contributed by atoms with Gasteiger partial charge in [0, 0.05) is 21.9 Å². The maximum absolute atomic E-state index is 5.63. The van der Waals surface area contributed by atoms with Crippen molar-refractivity contribution in [2.45, 2.75) is 6.42 Å². The first-order valence-corrected chi connectivity index (χ1v) is 5.81. The molecule has 14 heavy (non-hydrogen) atoms. The molecular formula is C9H9Br2N3. The summed E-state index contributed by atoms with van der Waals surface area (Å²) in [6.07, 6.45) is 0.836. The lowest BCUT2D eigenvalue weighted by atomic mass is 10.3. The van der Waals surface area contributed by atoms with E-state index in [1.54, 1.807) is 0 Å². The Hall–Kier alpha value is -0.550. The van der Waals surface area contributed by atoms with E-state index in [0.717, 1.165) is 27.6 Å². The molecule has 0 fully saturated rings. The van der Waals surface area contributed by atoms with Gasteiger partial charge < -0.3 is 5.73 Å². The number of hydrazone groups is 1. The van der Waals surface area contributed by atoms with E-state index in [1.165, 1.54) is 0 Å². The van der Waals surface area contributed by atoms with Crippen LogP contribution in [0.1, 0.15) is 6.42 Å². The van der Waals surface area contributed by atoms with Crippen molar-refractivity contribution >= 4 is 43.4 Å². The molecule has 74 valence electrons. The molecule has 0 saturated carbocycles. The van der Waals surface area contributed by atoms with Gasteiger partial charge in [0.15, 0.2) is 0 Å². The summed E-state index contributed by atoms with van der Waals surface area (Å²) in [6, 6.07) is 6.00. The normalized spacial score (nSPS) is 15.9. The van der Waals surface area contributed by atoms with Crippen LogP contribution in [0.2, 0.25) is 0 Å². The topological polar surface area (TPSA) is 41.6 Å². The Morgan fingerprint density at radius 3 is 2.71 bits per heavy atom. The summed E-state index contributed by atoms with van der Waals surface area (Å²) in [5.41, 5.74) is 6.68. The smallest absolute Gasteiger partial charge is 0.122 e. The van der Waals surface area contributed by atoms with Crippen LogP contribution in [0.3, 0.4) is 0 Å². The highest BCUT2D eigenvalue weighted by molar-refractivity contribution is 9.11. The van der Waals surface area contributed by atoms with Crippen LogP contribution in [0.4, 0.5) is 5.69 Å². The van der Waals surface area contributed by atoms with E-state index in [9.17, 15) is 0 Å². The molecule has 2 N–H and O–H groups in total. The van der Waals surface area contributed by atoms with Gasteiger partial charge in [-0.1, -0.05) is 15.9 Å².